The van der Waals surface area contributed by atoms with Gasteiger partial charge in [0.1, 0.15) is 0 Å². The molecular formula is C31H30N4O2. The summed E-state index contributed by atoms with van der Waals surface area (Å²) in [5.74, 6) is 6.57. The lowest BCUT2D eigenvalue weighted by Gasteiger charge is -2.57. The Morgan fingerprint density at radius 2 is 1.54 bits per heavy atom. The van der Waals surface area contributed by atoms with E-state index in [4.69, 9.17) is 5.26 Å². The Bertz CT molecular complexity index is 1320. The van der Waals surface area contributed by atoms with E-state index in [2.05, 4.69) is 40.3 Å². The van der Waals surface area contributed by atoms with Gasteiger partial charge in [-0.1, -0.05) is 42.2 Å². The standard InChI is InChI=1S/C31H30N4O2/c32-20-25-12-16-27(17-13-25)33-31(37)34-18-4-5-19-35-28(21-34)30(29(35)22-36)26-14-10-24(11-15-26)9-8-23-6-2-1-3-7-23/h1-3,6-7,10-17,28-30,36H,4-5,18-19,21-22H2,(H,33,37). The van der Waals surface area contributed by atoms with Crippen molar-refractivity contribution in [2.45, 2.75) is 30.8 Å². The third-order valence-corrected chi connectivity index (χ3v) is 7.34. The second-order valence-corrected chi connectivity index (χ2v) is 9.59. The van der Waals surface area contributed by atoms with Crippen LogP contribution in [0.25, 0.3) is 0 Å². The van der Waals surface area contributed by atoms with Gasteiger partial charge in [0.25, 0.3) is 0 Å². The normalized spacial score (nSPS) is 21.2. The van der Waals surface area contributed by atoms with Crippen molar-refractivity contribution in [3.05, 3.63) is 101 Å². The molecule has 0 aliphatic carbocycles. The van der Waals surface area contributed by atoms with Crippen LogP contribution in [0.15, 0.2) is 78.9 Å². The van der Waals surface area contributed by atoms with E-state index in [1.54, 1.807) is 24.3 Å². The molecule has 3 aromatic rings. The molecule has 2 saturated heterocycles. The molecule has 0 saturated carbocycles. The van der Waals surface area contributed by atoms with Crippen LogP contribution in [0, 0.1) is 23.2 Å². The second kappa shape index (κ2) is 11.3. The van der Waals surface area contributed by atoms with Crippen molar-refractivity contribution >= 4 is 11.7 Å². The third-order valence-electron chi connectivity index (χ3n) is 7.34. The maximum absolute atomic E-state index is 13.2. The van der Waals surface area contributed by atoms with Gasteiger partial charge in [-0.2, -0.15) is 5.26 Å². The molecule has 3 atom stereocenters. The van der Waals surface area contributed by atoms with Crippen molar-refractivity contribution < 1.29 is 9.90 Å². The van der Waals surface area contributed by atoms with Crippen molar-refractivity contribution in [3.63, 3.8) is 0 Å². The van der Waals surface area contributed by atoms with Crippen LogP contribution in [0.4, 0.5) is 10.5 Å². The summed E-state index contributed by atoms with van der Waals surface area (Å²) in [7, 11) is 0. The maximum Gasteiger partial charge on any atom is 0.321 e. The smallest absolute Gasteiger partial charge is 0.321 e. The minimum atomic E-state index is -0.135. The van der Waals surface area contributed by atoms with E-state index < -0.39 is 0 Å². The number of urea groups is 1. The van der Waals surface area contributed by atoms with E-state index >= 15 is 0 Å². The average molecular weight is 491 g/mol. The first-order valence-corrected chi connectivity index (χ1v) is 12.8. The van der Waals surface area contributed by atoms with Crippen molar-refractivity contribution in [2.24, 2.45) is 0 Å². The van der Waals surface area contributed by atoms with Crippen LogP contribution in [0.1, 0.15) is 41.0 Å². The van der Waals surface area contributed by atoms with E-state index in [0.717, 1.165) is 30.5 Å². The summed E-state index contributed by atoms with van der Waals surface area (Å²) < 4.78 is 0. The Labute approximate surface area is 218 Å². The minimum absolute atomic E-state index is 0.0489. The number of nitriles is 1. The molecule has 5 rings (SSSR count). The Hall–Kier alpha value is -4.10. The molecule has 6 nitrogen and oxygen atoms in total. The Morgan fingerprint density at radius 1 is 0.892 bits per heavy atom. The third kappa shape index (κ3) is 5.52. The number of aliphatic hydroxyl groups excluding tert-OH is 1. The van der Waals surface area contributed by atoms with Gasteiger partial charge in [-0.15, -0.1) is 0 Å². The minimum Gasteiger partial charge on any atom is -0.395 e. The highest BCUT2D eigenvalue weighted by atomic mass is 16.3. The summed E-state index contributed by atoms with van der Waals surface area (Å²) in [4.78, 5) is 17.4. The summed E-state index contributed by atoms with van der Waals surface area (Å²) in [6, 6.07) is 27.3. The number of rotatable bonds is 3. The first kappa shape index (κ1) is 24.6. The number of nitrogens with one attached hydrogen (secondary N) is 1. The summed E-state index contributed by atoms with van der Waals surface area (Å²) >= 11 is 0. The van der Waals surface area contributed by atoms with Crippen LogP contribution in [0.3, 0.4) is 0 Å². The molecule has 0 bridgehead atoms. The zero-order chi connectivity index (χ0) is 25.6. The maximum atomic E-state index is 13.2. The zero-order valence-electron chi connectivity index (χ0n) is 20.7. The summed E-state index contributed by atoms with van der Waals surface area (Å²) in [5.41, 5.74) is 4.33. The van der Waals surface area contributed by atoms with E-state index in [1.165, 1.54) is 5.56 Å². The quantitative estimate of drug-likeness (QED) is 0.533. The predicted octanol–water partition coefficient (Wildman–Crippen LogP) is 4.41. The predicted molar refractivity (Wildman–Crippen MR) is 144 cm³/mol. The summed E-state index contributed by atoms with van der Waals surface area (Å²) in [6.45, 7) is 2.31. The molecule has 2 aliphatic rings. The molecule has 2 aliphatic heterocycles. The van der Waals surface area contributed by atoms with Gasteiger partial charge in [0.2, 0.25) is 0 Å². The Morgan fingerprint density at radius 3 is 2.22 bits per heavy atom. The fourth-order valence-corrected chi connectivity index (χ4v) is 5.41. The van der Waals surface area contributed by atoms with Crippen LogP contribution >= 0.6 is 0 Å². The molecule has 0 aromatic heterocycles. The highest BCUT2D eigenvalue weighted by molar-refractivity contribution is 5.89. The van der Waals surface area contributed by atoms with Gasteiger partial charge in [0.15, 0.2) is 0 Å². The van der Waals surface area contributed by atoms with Crippen LogP contribution in [-0.2, 0) is 0 Å². The largest absolute Gasteiger partial charge is 0.395 e. The van der Waals surface area contributed by atoms with Crippen LogP contribution < -0.4 is 5.32 Å². The number of carbonyl (C=O) groups excluding carboxylic acids is 1. The number of fused-ring (bicyclic) bond motifs is 1. The number of hydrogen-bond donors (Lipinski definition) is 2. The van der Waals surface area contributed by atoms with E-state index in [1.807, 2.05) is 47.4 Å². The van der Waals surface area contributed by atoms with Crippen molar-refractivity contribution in [1.29, 1.82) is 5.26 Å². The molecule has 3 unspecified atom stereocenters. The van der Waals surface area contributed by atoms with E-state index in [0.29, 0.717) is 24.3 Å². The average Bonchev–Trinajstić information content (AvgIpc) is 2.92. The molecule has 3 aromatic carbocycles. The first-order valence-electron chi connectivity index (χ1n) is 12.8. The molecule has 2 amide bonds. The van der Waals surface area contributed by atoms with Crippen LogP contribution in [0.5, 0.6) is 0 Å². The first-order chi connectivity index (χ1) is 18.2. The second-order valence-electron chi connectivity index (χ2n) is 9.59. The van der Waals surface area contributed by atoms with Crippen LogP contribution in [0.2, 0.25) is 0 Å². The summed E-state index contributed by atoms with van der Waals surface area (Å²) in [6.07, 6.45) is 1.90. The Balaban J connectivity index is 1.31. The highest BCUT2D eigenvalue weighted by Crippen LogP contribution is 2.42. The van der Waals surface area contributed by atoms with Gasteiger partial charge in [0, 0.05) is 47.9 Å². The van der Waals surface area contributed by atoms with Gasteiger partial charge in [-0.3, -0.25) is 4.90 Å². The number of aliphatic hydroxyl groups is 1. The fourth-order valence-electron chi connectivity index (χ4n) is 5.41. The number of anilines is 1. The van der Waals surface area contributed by atoms with Gasteiger partial charge in [-0.05, 0) is 73.5 Å². The van der Waals surface area contributed by atoms with E-state index in [9.17, 15) is 9.90 Å². The number of carbonyl (C=O) groups is 1. The molecule has 186 valence electrons. The molecule has 37 heavy (non-hydrogen) atoms. The van der Waals surface area contributed by atoms with Crippen LogP contribution in [-0.4, -0.2) is 59.3 Å². The monoisotopic (exact) mass is 490 g/mol. The van der Waals surface area contributed by atoms with Gasteiger partial charge in [0.05, 0.1) is 18.2 Å². The SMILES string of the molecule is N#Cc1ccc(NC(=O)N2CCCCN3C(CO)C(c4ccc(C#Cc5ccccc5)cc4)C3C2)cc1. The lowest BCUT2D eigenvalue weighted by Crippen LogP contribution is -2.68. The van der Waals surface area contributed by atoms with Gasteiger partial charge >= 0.3 is 6.03 Å². The number of amides is 2. The summed E-state index contributed by atoms with van der Waals surface area (Å²) in [5, 5.41) is 22.2. The molecule has 0 radical (unpaired) electrons. The number of benzene rings is 3. The molecule has 6 heteroatoms. The van der Waals surface area contributed by atoms with Gasteiger partial charge in [-0.25, -0.2) is 4.79 Å². The van der Waals surface area contributed by atoms with E-state index in [-0.39, 0.29) is 30.6 Å². The number of nitrogens with zero attached hydrogens (tertiary/aromatic N) is 3. The number of hydrogen-bond acceptors (Lipinski definition) is 4. The molecule has 0 spiro atoms. The van der Waals surface area contributed by atoms with Gasteiger partial charge < -0.3 is 15.3 Å². The lowest BCUT2D eigenvalue weighted by atomic mass is 9.74. The Kier molecular flexibility index (Phi) is 7.51. The molecule has 2 N–H and O–H groups in total. The molecular weight excluding hydrogens is 460 g/mol. The van der Waals surface area contributed by atoms with Crippen molar-refractivity contribution in [3.8, 4) is 17.9 Å². The molecule has 2 fully saturated rings. The van der Waals surface area contributed by atoms with Crippen molar-refractivity contribution in [2.75, 3.05) is 31.6 Å². The van der Waals surface area contributed by atoms with Crippen molar-refractivity contribution in [1.82, 2.24) is 9.80 Å². The zero-order valence-corrected chi connectivity index (χ0v) is 20.7. The topological polar surface area (TPSA) is 79.6 Å². The fraction of sp³-hybridized carbons (Fsp3) is 0.290. The lowest BCUT2D eigenvalue weighted by molar-refractivity contribution is -0.0585. The molecule has 2 heterocycles. The highest BCUT2D eigenvalue weighted by Gasteiger charge is 2.49.